The highest BCUT2D eigenvalue weighted by molar-refractivity contribution is 6.12. The van der Waals surface area contributed by atoms with E-state index in [1.165, 1.54) is 6.07 Å². The zero-order valence-electron chi connectivity index (χ0n) is 21.1. The third-order valence-corrected chi connectivity index (χ3v) is 5.06. The number of benzene rings is 2. The zero-order valence-corrected chi connectivity index (χ0v) is 21.1. The first-order chi connectivity index (χ1) is 17.8. The molecule has 200 valence electrons. The minimum absolute atomic E-state index is 0.205. The van der Waals surface area contributed by atoms with Crippen molar-refractivity contribution < 1.29 is 37.0 Å². The van der Waals surface area contributed by atoms with E-state index in [1.54, 1.807) is 57.4 Å². The number of carbonyl (C=O) groups is 3. The van der Waals surface area contributed by atoms with Gasteiger partial charge in [0.1, 0.15) is 11.4 Å². The Labute approximate surface area is 217 Å². The summed E-state index contributed by atoms with van der Waals surface area (Å²) in [5.41, 5.74) is -0.949. The van der Waals surface area contributed by atoms with Crippen molar-refractivity contribution in [1.29, 1.82) is 0 Å². The molecule has 3 aromatic rings. The molecule has 0 saturated heterocycles. The average molecular weight is 530 g/mol. The van der Waals surface area contributed by atoms with Crippen molar-refractivity contribution in [3.63, 3.8) is 0 Å². The highest BCUT2D eigenvalue weighted by Crippen LogP contribution is 2.41. The van der Waals surface area contributed by atoms with E-state index in [-0.39, 0.29) is 16.9 Å². The number of hydrogen-bond acceptors (Lipinski definition) is 6. The van der Waals surface area contributed by atoms with Crippen LogP contribution in [0.3, 0.4) is 0 Å². The van der Waals surface area contributed by atoms with Crippen LogP contribution < -0.4 is 15.4 Å². The third-order valence-electron chi connectivity index (χ3n) is 5.06. The quantitative estimate of drug-likeness (QED) is 0.274. The van der Waals surface area contributed by atoms with Crippen molar-refractivity contribution in [1.82, 2.24) is 4.98 Å². The number of anilines is 2. The number of halogens is 3. The number of rotatable bonds is 7. The van der Waals surface area contributed by atoms with Gasteiger partial charge in [0.2, 0.25) is 5.91 Å². The van der Waals surface area contributed by atoms with Gasteiger partial charge < -0.3 is 14.8 Å². The Hall–Kier alpha value is -4.41. The predicted octanol–water partition coefficient (Wildman–Crippen LogP) is 6.33. The molecule has 0 atom stereocenters. The Kier molecular flexibility index (Phi) is 8.39. The van der Waals surface area contributed by atoms with Crippen molar-refractivity contribution >= 4 is 29.2 Å². The lowest BCUT2D eigenvalue weighted by atomic mass is 10.0. The Bertz CT molecular complexity index is 1340. The number of pyridine rings is 1. The standard InChI is InChI=1S/C27H26F3N3O5/c1-26(2,3)38-25(36)33-21-13-23(37-4)19(27(28,29)30)12-20(21)32-24(35)14-22(34)17-8-5-7-16(11-17)18-9-6-10-31-15-18/h5-13,15H,14H2,1-4H3,(H,32,35)(H,33,36). The summed E-state index contributed by atoms with van der Waals surface area (Å²) >= 11 is 0. The monoisotopic (exact) mass is 529 g/mol. The van der Waals surface area contributed by atoms with Gasteiger partial charge in [0, 0.05) is 29.6 Å². The number of methoxy groups -OCH3 is 1. The van der Waals surface area contributed by atoms with Crippen LogP contribution in [-0.2, 0) is 15.7 Å². The van der Waals surface area contributed by atoms with Crippen molar-refractivity contribution in [3.05, 3.63) is 72.1 Å². The lowest BCUT2D eigenvalue weighted by Gasteiger charge is -2.22. The fourth-order valence-electron chi connectivity index (χ4n) is 3.44. The topological polar surface area (TPSA) is 107 Å². The number of hydrogen-bond donors (Lipinski definition) is 2. The first kappa shape index (κ1) is 28.2. The summed E-state index contributed by atoms with van der Waals surface area (Å²) in [4.78, 5) is 41.9. The molecule has 8 nitrogen and oxygen atoms in total. The van der Waals surface area contributed by atoms with E-state index < -0.39 is 47.3 Å². The molecule has 11 heteroatoms. The molecular weight excluding hydrogens is 503 g/mol. The van der Waals surface area contributed by atoms with Crippen molar-refractivity contribution in [2.45, 2.75) is 39.0 Å². The van der Waals surface area contributed by atoms with Gasteiger partial charge in [0.15, 0.2) is 5.78 Å². The largest absolute Gasteiger partial charge is 0.496 e. The van der Waals surface area contributed by atoms with Gasteiger partial charge in [-0.15, -0.1) is 0 Å². The van der Waals surface area contributed by atoms with Gasteiger partial charge >= 0.3 is 12.3 Å². The van der Waals surface area contributed by atoms with E-state index in [2.05, 4.69) is 15.6 Å². The second-order valence-corrected chi connectivity index (χ2v) is 9.19. The molecule has 3 rings (SSSR count). The molecule has 2 N–H and O–H groups in total. The first-order valence-corrected chi connectivity index (χ1v) is 11.4. The molecular formula is C27H26F3N3O5. The van der Waals surface area contributed by atoms with Crippen LogP contribution >= 0.6 is 0 Å². The summed E-state index contributed by atoms with van der Waals surface area (Å²) in [5.74, 6) is -2.02. The Morgan fingerprint density at radius 3 is 2.21 bits per heavy atom. The predicted molar refractivity (Wildman–Crippen MR) is 135 cm³/mol. The van der Waals surface area contributed by atoms with Crippen LogP contribution in [-0.4, -0.2) is 35.5 Å². The number of amides is 2. The molecule has 0 spiro atoms. The van der Waals surface area contributed by atoms with Crippen molar-refractivity contribution in [2.24, 2.45) is 0 Å². The van der Waals surface area contributed by atoms with Gasteiger partial charge in [-0.25, -0.2) is 4.79 Å². The normalized spacial score (nSPS) is 11.4. The fraction of sp³-hybridized carbons (Fsp3) is 0.259. The van der Waals surface area contributed by atoms with E-state index in [0.29, 0.717) is 11.6 Å². The molecule has 1 heterocycles. The van der Waals surface area contributed by atoms with Gasteiger partial charge in [0.25, 0.3) is 0 Å². The van der Waals surface area contributed by atoms with Gasteiger partial charge in [-0.3, -0.25) is 19.9 Å². The summed E-state index contributed by atoms with van der Waals surface area (Å²) < 4.78 is 50.8. The smallest absolute Gasteiger partial charge is 0.420 e. The van der Waals surface area contributed by atoms with Crippen LogP contribution in [0.1, 0.15) is 43.1 Å². The maximum atomic E-state index is 13.6. The molecule has 0 radical (unpaired) electrons. The van der Waals surface area contributed by atoms with Crippen LogP contribution in [0.15, 0.2) is 60.9 Å². The number of carbonyl (C=O) groups excluding carboxylic acids is 3. The molecule has 2 amide bonds. The lowest BCUT2D eigenvalue weighted by molar-refractivity contribution is -0.138. The molecule has 0 bridgehead atoms. The summed E-state index contributed by atoms with van der Waals surface area (Å²) in [6.45, 7) is 4.83. The maximum absolute atomic E-state index is 13.6. The van der Waals surface area contributed by atoms with Crippen LogP contribution in [0.5, 0.6) is 5.75 Å². The van der Waals surface area contributed by atoms with Gasteiger partial charge in [-0.1, -0.05) is 24.3 Å². The van der Waals surface area contributed by atoms with E-state index in [9.17, 15) is 27.6 Å². The number of aromatic nitrogens is 1. The van der Waals surface area contributed by atoms with Crippen LogP contribution in [0.25, 0.3) is 11.1 Å². The Morgan fingerprint density at radius 1 is 0.921 bits per heavy atom. The van der Waals surface area contributed by atoms with Crippen LogP contribution in [0.2, 0.25) is 0 Å². The molecule has 0 aliphatic rings. The maximum Gasteiger partial charge on any atom is 0.420 e. The van der Waals surface area contributed by atoms with Crippen LogP contribution in [0.4, 0.5) is 29.3 Å². The summed E-state index contributed by atoms with van der Waals surface area (Å²) in [7, 11) is 1.04. The highest BCUT2D eigenvalue weighted by atomic mass is 19.4. The molecule has 0 unspecified atom stereocenters. The number of ketones is 1. The summed E-state index contributed by atoms with van der Waals surface area (Å²) in [6.07, 6.45) is -3.21. The second kappa shape index (κ2) is 11.3. The van der Waals surface area contributed by atoms with E-state index in [0.717, 1.165) is 18.7 Å². The van der Waals surface area contributed by atoms with Gasteiger partial charge in [-0.2, -0.15) is 13.2 Å². The number of ether oxygens (including phenoxy) is 2. The van der Waals surface area contributed by atoms with Crippen LogP contribution in [0, 0.1) is 0 Å². The third kappa shape index (κ3) is 7.55. The Morgan fingerprint density at radius 2 is 1.61 bits per heavy atom. The zero-order chi connectivity index (χ0) is 28.1. The molecule has 0 saturated carbocycles. The number of alkyl halides is 3. The minimum Gasteiger partial charge on any atom is -0.496 e. The molecule has 0 aliphatic heterocycles. The van der Waals surface area contributed by atoms with E-state index >= 15 is 0 Å². The molecule has 2 aromatic carbocycles. The molecule has 1 aromatic heterocycles. The number of nitrogens with zero attached hydrogens (tertiary/aromatic N) is 1. The SMILES string of the molecule is COc1cc(NC(=O)OC(C)(C)C)c(NC(=O)CC(=O)c2cccc(-c3cccnc3)c2)cc1C(F)(F)F. The first-order valence-electron chi connectivity index (χ1n) is 11.4. The van der Waals surface area contributed by atoms with Crippen molar-refractivity contribution in [2.75, 3.05) is 17.7 Å². The van der Waals surface area contributed by atoms with Gasteiger partial charge in [0.05, 0.1) is 30.5 Å². The lowest BCUT2D eigenvalue weighted by Crippen LogP contribution is -2.28. The van der Waals surface area contributed by atoms with Crippen molar-refractivity contribution in [3.8, 4) is 16.9 Å². The Balaban J connectivity index is 1.86. The highest BCUT2D eigenvalue weighted by Gasteiger charge is 2.36. The second-order valence-electron chi connectivity index (χ2n) is 9.19. The summed E-state index contributed by atoms with van der Waals surface area (Å²) in [5, 5.41) is 4.62. The van der Waals surface area contributed by atoms with Gasteiger partial charge in [-0.05, 0) is 44.5 Å². The van der Waals surface area contributed by atoms with E-state index in [4.69, 9.17) is 9.47 Å². The summed E-state index contributed by atoms with van der Waals surface area (Å²) in [6, 6.07) is 11.6. The number of nitrogens with one attached hydrogen (secondary N) is 2. The molecule has 38 heavy (non-hydrogen) atoms. The minimum atomic E-state index is -4.82. The molecule has 0 fully saturated rings. The van der Waals surface area contributed by atoms with E-state index in [1.807, 2.05) is 6.07 Å². The average Bonchev–Trinajstić information content (AvgIpc) is 2.83. The number of Topliss-reactive ketones (excluding diaryl/α,β-unsaturated/α-hetero) is 1. The fourth-order valence-corrected chi connectivity index (χ4v) is 3.44. The molecule has 0 aliphatic carbocycles.